The molecule has 0 aliphatic heterocycles. The van der Waals surface area contributed by atoms with Crippen molar-refractivity contribution >= 4 is 28.5 Å². The largest absolute Gasteiger partial charge is 0.497 e. The van der Waals surface area contributed by atoms with Crippen LogP contribution in [0.25, 0.3) is 10.9 Å². The molecule has 0 amide bonds. The summed E-state index contributed by atoms with van der Waals surface area (Å²) in [6.45, 7) is 4.50. The molecule has 0 bridgehead atoms. The first-order valence-corrected chi connectivity index (χ1v) is 8.31. The average Bonchev–Trinajstić information content (AvgIpc) is 2.49. The maximum atomic E-state index is 5.61. The first-order chi connectivity index (χ1) is 10.1. The van der Waals surface area contributed by atoms with Gasteiger partial charge >= 0.3 is 0 Å². The van der Waals surface area contributed by atoms with Gasteiger partial charge in [0.1, 0.15) is 11.6 Å². The summed E-state index contributed by atoms with van der Waals surface area (Å²) in [5, 5.41) is 1.11. The van der Waals surface area contributed by atoms with Crippen molar-refractivity contribution in [2.24, 2.45) is 11.8 Å². The summed E-state index contributed by atoms with van der Waals surface area (Å²) >= 11 is 1.92. The normalized spacial score (nSPS) is 11.1. The Morgan fingerprint density at radius 2 is 2.14 bits per heavy atom. The molecule has 0 atom stereocenters. The van der Waals surface area contributed by atoms with E-state index < -0.39 is 0 Å². The topological polar surface area (TPSA) is 60.2 Å². The minimum atomic E-state index is 0.742. The van der Waals surface area contributed by atoms with Gasteiger partial charge in [-0.2, -0.15) is 11.8 Å². The number of methoxy groups -OCH3 is 1. The maximum Gasteiger partial charge on any atom is 0.144 e. The molecule has 0 saturated carbocycles. The second-order valence-electron chi connectivity index (χ2n) is 5.43. The van der Waals surface area contributed by atoms with Gasteiger partial charge in [-0.25, -0.2) is 10.8 Å². The molecule has 1 heterocycles. The van der Waals surface area contributed by atoms with E-state index in [9.17, 15) is 0 Å². The molecule has 0 aliphatic carbocycles. The molecular weight excluding hydrogens is 282 g/mol. The van der Waals surface area contributed by atoms with E-state index in [-0.39, 0.29) is 0 Å². The number of nitrogens with two attached hydrogens (primary N) is 1. The molecule has 0 radical (unpaired) electrons. The SMILES string of the molecule is COc1ccc2cc(CSCCC(C)C)c(NN)nc2c1. The number of thioether (sulfide) groups is 1. The van der Waals surface area contributed by atoms with Gasteiger partial charge in [0, 0.05) is 22.8 Å². The summed E-state index contributed by atoms with van der Waals surface area (Å²) in [7, 11) is 1.66. The van der Waals surface area contributed by atoms with E-state index >= 15 is 0 Å². The third kappa shape index (κ3) is 4.25. The average molecular weight is 305 g/mol. The lowest BCUT2D eigenvalue weighted by molar-refractivity contribution is 0.415. The number of nitrogen functional groups attached to an aromatic ring is 1. The number of ether oxygens (including phenoxy) is 1. The van der Waals surface area contributed by atoms with E-state index in [1.807, 2.05) is 30.0 Å². The standard InChI is InChI=1S/C16H23N3OS/c1-11(2)6-7-21-10-13-8-12-4-5-14(20-3)9-15(12)18-16(13)19-17/h4-5,8-9,11H,6-7,10,17H2,1-3H3,(H,18,19). The Hall–Kier alpha value is -1.46. The van der Waals surface area contributed by atoms with Gasteiger partial charge in [-0.15, -0.1) is 0 Å². The van der Waals surface area contributed by atoms with E-state index in [1.54, 1.807) is 7.11 Å². The number of aromatic nitrogens is 1. The molecule has 1 aromatic heterocycles. The number of hydrazine groups is 1. The molecule has 4 nitrogen and oxygen atoms in total. The predicted molar refractivity (Wildman–Crippen MR) is 91.7 cm³/mol. The lowest BCUT2D eigenvalue weighted by atomic mass is 10.1. The summed E-state index contributed by atoms with van der Waals surface area (Å²) in [5.74, 6) is 9.97. The fraction of sp³-hybridized carbons (Fsp3) is 0.438. The number of rotatable bonds is 7. The van der Waals surface area contributed by atoms with Gasteiger partial charge in [-0.05, 0) is 36.3 Å². The van der Waals surface area contributed by atoms with Gasteiger partial charge in [-0.1, -0.05) is 13.8 Å². The number of nitrogens with zero attached hydrogens (tertiary/aromatic N) is 1. The first kappa shape index (κ1) is 15.9. The second-order valence-corrected chi connectivity index (χ2v) is 6.54. The Morgan fingerprint density at radius 3 is 2.81 bits per heavy atom. The smallest absolute Gasteiger partial charge is 0.144 e. The molecule has 0 saturated heterocycles. The Balaban J connectivity index is 2.18. The zero-order chi connectivity index (χ0) is 15.2. The van der Waals surface area contributed by atoms with Crippen molar-refractivity contribution in [2.75, 3.05) is 18.3 Å². The van der Waals surface area contributed by atoms with Crippen LogP contribution >= 0.6 is 11.8 Å². The number of pyridine rings is 1. The molecule has 21 heavy (non-hydrogen) atoms. The lowest BCUT2D eigenvalue weighted by Crippen LogP contribution is -2.11. The molecule has 3 N–H and O–H groups in total. The van der Waals surface area contributed by atoms with Gasteiger partial charge in [0.05, 0.1) is 12.6 Å². The van der Waals surface area contributed by atoms with Crippen LogP contribution in [-0.4, -0.2) is 17.8 Å². The van der Waals surface area contributed by atoms with Gasteiger partial charge < -0.3 is 10.2 Å². The van der Waals surface area contributed by atoms with Crippen molar-refractivity contribution in [1.29, 1.82) is 0 Å². The number of benzene rings is 1. The fourth-order valence-corrected chi connectivity index (χ4v) is 3.28. The van der Waals surface area contributed by atoms with Crippen LogP contribution in [0.5, 0.6) is 5.75 Å². The zero-order valence-corrected chi connectivity index (χ0v) is 13.7. The number of fused-ring (bicyclic) bond motifs is 1. The van der Waals surface area contributed by atoms with E-state index in [0.29, 0.717) is 0 Å². The summed E-state index contributed by atoms with van der Waals surface area (Å²) in [6, 6.07) is 8.06. The molecular formula is C16H23N3OS. The summed E-state index contributed by atoms with van der Waals surface area (Å²) in [5.41, 5.74) is 4.74. The highest BCUT2D eigenvalue weighted by atomic mass is 32.2. The van der Waals surface area contributed by atoms with Gasteiger partial charge in [0.2, 0.25) is 0 Å². The molecule has 0 fully saturated rings. The van der Waals surface area contributed by atoms with Gasteiger partial charge in [0.25, 0.3) is 0 Å². The predicted octanol–water partition coefficient (Wildman–Crippen LogP) is 3.81. The van der Waals surface area contributed by atoms with Crippen LogP contribution < -0.4 is 16.0 Å². The highest BCUT2D eigenvalue weighted by Gasteiger charge is 2.07. The Kier molecular flexibility index (Phi) is 5.70. The quantitative estimate of drug-likeness (QED) is 0.463. The summed E-state index contributed by atoms with van der Waals surface area (Å²) in [4.78, 5) is 4.59. The second kappa shape index (κ2) is 7.52. The molecule has 1 aromatic carbocycles. The highest BCUT2D eigenvalue weighted by molar-refractivity contribution is 7.98. The maximum absolute atomic E-state index is 5.61. The molecule has 2 aromatic rings. The van der Waals surface area contributed by atoms with E-state index in [0.717, 1.165) is 45.5 Å². The lowest BCUT2D eigenvalue weighted by Gasteiger charge is -2.11. The van der Waals surface area contributed by atoms with Gasteiger partial charge in [0.15, 0.2) is 0 Å². The third-order valence-corrected chi connectivity index (χ3v) is 4.38. The van der Waals surface area contributed by atoms with Crippen molar-refractivity contribution in [3.63, 3.8) is 0 Å². The minimum absolute atomic E-state index is 0.742. The van der Waals surface area contributed by atoms with Crippen LogP contribution in [0.3, 0.4) is 0 Å². The van der Waals surface area contributed by atoms with Crippen molar-refractivity contribution in [3.8, 4) is 5.75 Å². The molecule has 5 heteroatoms. The molecule has 0 unspecified atom stereocenters. The number of hydrogen-bond donors (Lipinski definition) is 2. The van der Waals surface area contributed by atoms with E-state index in [1.165, 1.54) is 6.42 Å². The molecule has 0 aliphatic rings. The van der Waals surface area contributed by atoms with Crippen LogP contribution in [-0.2, 0) is 5.75 Å². The highest BCUT2D eigenvalue weighted by Crippen LogP contribution is 2.26. The number of hydrogen-bond acceptors (Lipinski definition) is 5. The van der Waals surface area contributed by atoms with Crippen molar-refractivity contribution in [1.82, 2.24) is 4.98 Å². The van der Waals surface area contributed by atoms with Crippen LogP contribution in [0.2, 0.25) is 0 Å². The van der Waals surface area contributed by atoms with Crippen molar-refractivity contribution in [3.05, 3.63) is 29.8 Å². The zero-order valence-electron chi connectivity index (χ0n) is 12.8. The Morgan fingerprint density at radius 1 is 1.33 bits per heavy atom. The monoisotopic (exact) mass is 305 g/mol. The number of nitrogens with one attached hydrogen (secondary N) is 1. The van der Waals surface area contributed by atoms with E-state index in [2.05, 4.69) is 30.3 Å². The molecule has 2 rings (SSSR count). The summed E-state index contributed by atoms with van der Waals surface area (Å²) in [6.07, 6.45) is 1.23. The van der Waals surface area contributed by atoms with Crippen molar-refractivity contribution in [2.45, 2.75) is 26.0 Å². The minimum Gasteiger partial charge on any atom is -0.497 e. The molecule has 0 spiro atoms. The van der Waals surface area contributed by atoms with Crippen molar-refractivity contribution < 1.29 is 4.74 Å². The first-order valence-electron chi connectivity index (χ1n) is 7.16. The van der Waals surface area contributed by atoms with Crippen LogP contribution in [0, 0.1) is 5.92 Å². The van der Waals surface area contributed by atoms with Crippen LogP contribution in [0.1, 0.15) is 25.8 Å². The third-order valence-electron chi connectivity index (χ3n) is 3.34. The van der Waals surface area contributed by atoms with Crippen LogP contribution in [0.4, 0.5) is 5.82 Å². The Bertz CT molecular complexity index is 601. The fourth-order valence-electron chi connectivity index (χ4n) is 2.05. The summed E-state index contributed by atoms with van der Waals surface area (Å²) < 4.78 is 5.23. The van der Waals surface area contributed by atoms with Crippen LogP contribution in [0.15, 0.2) is 24.3 Å². The van der Waals surface area contributed by atoms with E-state index in [4.69, 9.17) is 10.6 Å². The van der Waals surface area contributed by atoms with Gasteiger partial charge in [-0.3, -0.25) is 0 Å². The molecule has 114 valence electrons. The number of anilines is 1. The Labute approximate surface area is 130 Å².